The fraction of sp³-hybridized carbons (Fsp3) is 0.357. The molecule has 0 spiro atoms. The summed E-state index contributed by atoms with van der Waals surface area (Å²) in [5.41, 5.74) is 0.365. The van der Waals surface area contributed by atoms with E-state index >= 15 is 0 Å². The number of aromatic nitrogens is 2. The number of para-hydroxylation sites is 1. The van der Waals surface area contributed by atoms with E-state index in [1.165, 1.54) is 17.4 Å². The van der Waals surface area contributed by atoms with Gasteiger partial charge in [-0.25, -0.2) is 4.98 Å². The van der Waals surface area contributed by atoms with Gasteiger partial charge in [-0.15, -0.1) is 0 Å². The molecule has 3 rings (SSSR count). The topological polar surface area (TPSA) is 64.0 Å². The van der Waals surface area contributed by atoms with Crippen LogP contribution in [-0.2, 0) is 7.05 Å². The van der Waals surface area contributed by atoms with E-state index in [9.17, 15) is 9.59 Å². The minimum atomic E-state index is -0.280. The Hall–Kier alpha value is -2.17. The normalized spacial score (nSPS) is 14.6. The van der Waals surface area contributed by atoms with E-state index in [0.29, 0.717) is 23.4 Å². The van der Waals surface area contributed by atoms with Crippen LogP contribution in [0.1, 0.15) is 23.5 Å². The molecule has 1 fully saturated rings. The third-order valence-electron chi connectivity index (χ3n) is 3.43. The summed E-state index contributed by atoms with van der Waals surface area (Å²) in [7, 11) is 1.58. The first-order valence-electron chi connectivity index (χ1n) is 6.41. The van der Waals surface area contributed by atoms with E-state index in [1.54, 1.807) is 31.3 Å². The van der Waals surface area contributed by atoms with Crippen LogP contribution in [-0.4, -0.2) is 22.0 Å². The van der Waals surface area contributed by atoms with Crippen LogP contribution in [0.3, 0.4) is 0 Å². The maximum atomic E-state index is 12.1. The molecule has 1 aromatic heterocycles. The minimum absolute atomic E-state index is 0.171. The zero-order valence-electron chi connectivity index (χ0n) is 10.7. The van der Waals surface area contributed by atoms with Gasteiger partial charge in [0.1, 0.15) is 0 Å². The smallest absolute Gasteiger partial charge is 0.287 e. The van der Waals surface area contributed by atoms with Crippen LogP contribution < -0.4 is 10.9 Å². The molecule has 1 aliphatic rings. The van der Waals surface area contributed by atoms with Crippen molar-refractivity contribution in [1.82, 2.24) is 14.9 Å². The summed E-state index contributed by atoms with van der Waals surface area (Å²) in [6, 6.07) is 7.06. The first-order valence-corrected chi connectivity index (χ1v) is 6.41. The van der Waals surface area contributed by atoms with E-state index in [2.05, 4.69) is 10.3 Å². The zero-order valence-corrected chi connectivity index (χ0v) is 10.7. The second-order valence-electron chi connectivity index (χ2n) is 4.97. The molecule has 0 bridgehead atoms. The van der Waals surface area contributed by atoms with Crippen molar-refractivity contribution in [3.05, 3.63) is 40.4 Å². The van der Waals surface area contributed by atoms with Crippen molar-refractivity contribution in [2.75, 3.05) is 6.54 Å². The fourth-order valence-corrected chi connectivity index (χ4v) is 2.06. The van der Waals surface area contributed by atoms with Crippen molar-refractivity contribution in [1.29, 1.82) is 0 Å². The van der Waals surface area contributed by atoms with E-state index in [1.807, 2.05) is 0 Å². The van der Waals surface area contributed by atoms with Crippen molar-refractivity contribution in [2.24, 2.45) is 13.0 Å². The quantitative estimate of drug-likeness (QED) is 0.894. The highest BCUT2D eigenvalue weighted by Crippen LogP contribution is 2.27. The Morgan fingerprint density at radius 1 is 1.42 bits per heavy atom. The van der Waals surface area contributed by atoms with Crippen molar-refractivity contribution in [2.45, 2.75) is 12.8 Å². The van der Waals surface area contributed by atoms with Crippen LogP contribution in [0.4, 0.5) is 0 Å². The number of nitrogens with one attached hydrogen (secondary N) is 1. The van der Waals surface area contributed by atoms with E-state index in [-0.39, 0.29) is 17.3 Å². The molecule has 5 nitrogen and oxygen atoms in total. The predicted molar refractivity (Wildman–Crippen MR) is 72.0 cm³/mol. The number of amides is 1. The maximum Gasteiger partial charge on any atom is 0.287 e. The molecule has 1 N–H and O–H groups in total. The Bertz CT molecular complexity index is 701. The largest absolute Gasteiger partial charge is 0.349 e. The lowest BCUT2D eigenvalue weighted by atomic mass is 10.2. The Kier molecular flexibility index (Phi) is 2.81. The molecular weight excluding hydrogens is 242 g/mol. The Morgan fingerprint density at radius 3 is 2.89 bits per heavy atom. The second kappa shape index (κ2) is 4.50. The Labute approximate surface area is 110 Å². The highest BCUT2D eigenvalue weighted by atomic mass is 16.2. The third kappa shape index (κ3) is 2.23. The highest BCUT2D eigenvalue weighted by molar-refractivity contribution is 5.92. The molecule has 0 unspecified atom stereocenters. The summed E-state index contributed by atoms with van der Waals surface area (Å²) >= 11 is 0. The van der Waals surface area contributed by atoms with Crippen LogP contribution in [0.2, 0.25) is 0 Å². The van der Waals surface area contributed by atoms with Crippen LogP contribution in [0, 0.1) is 5.92 Å². The Morgan fingerprint density at radius 2 is 2.16 bits per heavy atom. The molecule has 1 aromatic carbocycles. The van der Waals surface area contributed by atoms with Crippen molar-refractivity contribution in [3.63, 3.8) is 0 Å². The van der Waals surface area contributed by atoms with Gasteiger partial charge < -0.3 is 5.32 Å². The van der Waals surface area contributed by atoms with Gasteiger partial charge >= 0.3 is 0 Å². The molecular formula is C14H15N3O2. The fourth-order valence-electron chi connectivity index (χ4n) is 2.06. The molecule has 2 aromatic rings. The summed E-state index contributed by atoms with van der Waals surface area (Å²) in [5.74, 6) is 0.489. The number of carbonyl (C=O) groups is 1. The molecule has 0 saturated heterocycles. The van der Waals surface area contributed by atoms with Gasteiger partial charge in [-0.05, 0) is 30.9 Å². The average Bonchev–Trinajstić information content (AvgIpc) is 3.24. The van der Waals surface area contributed by atoms with Gasteiger partial charge in [0.2, 0.25) is 5.82 Å². The van der Waals surface area contributed by atoms with Gasteiger partial charge in [0.25, 0.3) is 11.5 Å². The monoisotopic (exact) mass is 257 g/mol. The predicted octanol–water partition coefficient (Wildman–Crippen LogP) is 1.07. The molecule has 1 saturated carbocycles. The molecule has 98 valence electrons. The number of nitrogens with zero attached hydrogens (tertiary/aromatic N) is 2. The van der Waals surface area contributed by atoms with Gasteiger partial charge in [0.15, 0.2) is 0 Å². The summed E-state index contributed by atoms with van der Waals surface area (Å²) in [4.78, 5) is 28.5. The van der Waals surface area contributed by atoms with Crippen LogP contribution in [0.5, 0.6) is 0 Å². The lowest BCUT2D eigenvalue weighted by Gasteiger charge is -2.09. The molecule has 0 aliphatic heterocycles. The van der Waals surface area contributed by atoms with Gasteiger partial charge in [-0.1, -0.05) is 12.1 Å². The standard InChI is InChI=1S/C14H15N3O2/c1-17-12(13(18)15-8-9-6-7-9)16-11-5-3-2-4-10(11)14(17)19/h2-5,9H,6-8H2,1H3,(H,15,18). The molecule has 19 heavy (non-hydrogen) atoms. The lowest BCUT2D eigenvalue weighted by Crippen LogP contribution is -2.33. The summed E-state index contributed by atoms with van der Waals surface area (Å²) < 4.78 is 1.31. The molecule has 0 atom stereocenters. The summed E-state index contributed by atoms with van der Waals surface area (Å²) in [5, 5.41) is 3.36. The SMILES string of the molecule is Cn1c(C(=O)NCC2CC2)nc2ccccc2c1=O. The van der Waals surface area contributed by atoms with Gasteiger partial charge in [0.05, 0.1) is 10.9 Å². The van der Waals surface area contributed by atoms with Gasteiger partial charge in [-0.3, -0.25) is 14.2 Å². The van der Waals surface area contributed by atoms with Crippen LogP contribution >= 0.6 is 0 Å². The van der Waals surface area contributed by atoms with E-state index in [0.717, 1.165) is 0 Å². The van der Waals surface area contributed by atoms with Gasteiger partial charge in [-0.2, -0.15) is 0 Å². The summed E-state index contributed by atoms with van der Waals surface area (Å²) in [6.07, 6.45) is 2.34. The molecule has 1 aliphatic carbocycles. The minimum Gasteiger partial charge on any atom is -0.349 e. The molecule has 5 heteroatoms. The molecule has 0 radical (unpaired) electrons. The number of fused-ring (bicyclic) bond motifs is 1. The first kappa shape index (κ1) is 11.9. The Balaban J connectivity index is 2.00. The number of hydrogen-bond donors (Lipinski definition) is 1. The van der Waals surface area contributed by atoms with Crippen molar-refractivity contribution >= 4 is 16.8 Å². The summed E-state index contributed by atoms with van der Waals surface area (Å²) in [6.45, 7) is 0.668. The van der Waals surface area contributed by atoms with Crippen molar-refractivity contribution < 1.29 is 4.79 Å². The first-order chi connectivity index (χ1) is 9.16. The van der Waals surface area contributed by atoms with E-state index in [4.69, 9.17) is 0 Å². The van der Waals surface area contributed by atoms with Crippen LogP contribution in [0.25, 0.3) is 10.9 Å². The number of hydrogen-bond acceptors (Lipinski definition) is 3. The van der Waals surface area contributed by atoms with Crippen LogP contribution in [0.15, 0.2) is 29.1 Å². The number of carbonyl (C=O) groups excluding carboxylic acids is 1. The number of benzene rings is 1. The van der Waals surface area contributed by atoms with E-state index < -0.39 is 0 Å². The third-order valence-corrected chi connectivity index (χ3v) is 3.43. The average molecular weight is 257 g/mol. The van der Waals surface area contributed by atoms with Crippen molar-refractivity contribution in [3.8, 4) is 0 Å². The van der Waals surface area contributed by atoms with Gasteiger partial charge in [0, 0.05) is 13.6 Å². The maximum absolute atomic E-state index is 12.1. The second-order valence-corrected chi connectivity index (χ2v) is 4.97. The number of rotatable bonds is 3. The highest BCUT2D eigenvalue weighted by Gasteiger charge is 2.23. The molecule has 1 heterocycles. The molecule has 1 amide bonds. The lowest BCUT2D eigenvalue weighted by molar-refractivity contribution is 0.0937. The zero-order chi connectivity index (χ0) is 13.4.